The Morgan fingerprint density at radius 2 is 1.39 bits per heavy atom. The summed E-state index contributed by atoms with van der Waals surface area (Å²) >= 11 is 0. The quantitative estimate of drug-likeness (QED) is 0.0537. The number of fused-ring (bicyclic) bond motifs is 7. The molecule has 4 aromatic rings. The van der Waals surface area contributed by atoms with Gasteiger partial charge in [-0.2, -0.15) is 0 Å². The molecule has 0 spiro atoms. The van der Waals surface area contributed by atoms with Crippen molar-refractivity contribution in [3.63, 3.8) is 0 Å². The van der Waals surface area contributed by atoms with Gasteiger partial charge in [-0.15, -0.1) is 0 Å². The number of hydrogen-bond acceptors (Lipinski definition) is 12. The van der Waals surface area contributed by atoms with Crippen molar-refractivity contribution in [3.8, 4) is 11.6 Å². The first-order chi connectivity index (χ1) is 33.1. The first-order valence-corrected chi connectivity index (χ1v) is 26.5. The number of benzene rings is 3. The molecule has 9 rings (SSSR count). The SMILES string of the molecule is CC1(C)CC[C@]2(C(=O)OCc3ccccc3)CC[C@]3(C)C(=CC[C@@H]4[C@@]5(C)CC[C@H](OC(=O)CCC(=O)OCc6ccc(Oc7no[n+]([O-])c7S(=O)(=O)c7ccccc7)cc6)C(C)(C)[C@@H]5CC[C@]43C)[C@@H]2C1. The fraction of sp³-hybridized carbons (Fsp3) is 0.554. The van der Waals surface area contributed by atoms with E-state index >= 15 is 0 Å². The molecule has 374 valence electrons. The zero-order valence-electron chi connectivity index (χ0n) is 41.7. The Morgan fingerprint density at radius 1 is 0.743 bits per heavy atom. The van der Waals surface area contributed by atoms with E-state index in [1.165, 1.54) is 42.0 Å². The van der Waals surface area contributed by atoms with E-state index in [0.717, 1.165) is 69.8 Å². The van der Waals surface area contributed by atoms with Crippen LogP contribution in [0.4, 0.5) is 0 Å². The molecule has 1 aromatic heterocycles. The molecule has 0 radical (unpaired) electrons. The van der Waals surface area contributed by atoms with E-state index in [2.05, 4.69) is 64.3 Å². The third-order valence-electron chi connectivity index (χ3n) is 18.4. The van der Waals surface area contributed by atoms with Crippen LogP contribution in [-0.4, -0.2) is 37.6 Å². The molecule has 0 unspecified atom stereocenters. The predicted octanol–water partition coefficient (Wildman–Crippen LogP) is 11.2. The third-order valence-corrected chi connectivity index (χ3v) is 20.1. The van der Waals surface area contributed by atoms with Gasteiger partial charge in [0.2, 0.25) is 0 Å². The number of hydrogen-bond donors (Lipinski definition) is 0. The molecule has 4 fully saturated rings. The maximum absolute atomic E-state index is 14.4. The van der Waals surface area contributed by atoms with E-state index in [4.69, 9.17) is 18.9 Å². The molecule has 1 heterocycles. The van der Waals surface area contributed by atoms with Gasteiger partial charge in [0.15, 0.2) is 0 Å². The van der Waals surface area contributed by atoms with E-state index < -0.39 is 38.1 Å². The van der Waals surface area contributed by atoms with E-state index in [-0.39, 0.29) is 80.1 Å². The summed E-state index contributed by atoms with van der Waals surface area (Å²) in [5, 5.41) is 15.0. The van der Waals surface area contributed by atoms with Crippen molar-refractivity contribution in [2.45, 2.75) is 155 Å². The minimum Gasteiger partial charge on any atom is -0.462 e. The number of nitrogens with zero attached hydrogens (tertiary/aromatic N) is 2. The van der Waals surface area contributed by atoms with Crippen LogP contribution in [0.2, 0.25) is 0 Å². The van der Waals surface area contributed by atoms with E-state index in [1.54, 1.807) is 18.2 Å². The van der Waals surface area contributed by atoms with Crippen molar-refractivity contribution in [2.75, 3.05) is 0 Å². The lowest BCUT2D eigenvalue weighted by Gasteiger charge is -2.71. The van der Waals surface area contributed by atoms with E-state index in [0.29, 0.717) is 24.0 Å². The molecule has 13 nitrogen and oxygen atoms in total. The number of carbonyl (C=O) groups excluding carboxylic acids is 3. The molecular weight excluding hydrogens is 909 g/mol. The van der Waals surface area contributed by atoms with Crippen molar-refractivity contribution in [2.24, 2.45) is 50.2 Å². The van der Waals surface area contributed by atoms with Gasteiger partial charge in [0, 0.05) is 5.41 Å². The fourth-order valence-electron chi connectivity index (χ4n) is 14.3. The fourth-order valence-corrected chi connectivity index (χ4v) is 15.6. The van der Waals surface area contributed by atoms with Gasteiger partial charge in [0.25, 0.3) is 9.84 Å². The summed E-state index contributed by atoms with van der Waals surface area (Å²) < 4.78 is 54.4. The van der Waals surface area contributed by atoms with Crippen LogP contribution < -0.4 is 9.64 Å². The molecule has 0 bridgehead atoms. The summed E-state index contributed by atoms with van der Waals surface area (Å²) in [5.74, 6) is -0.409. The topological polar surface area (TPSA) is 175 Å². The van der Waals surface area contributed by atoms with Gasteiger partial charge in [-0.1, -0.05) is 121 Å². The number of sulfone groups is 1. The Kier molecular flexibility index (Phi) is 12.9. The number of rotatable bonds is 13. The van der Waals surface area contributed by atoms with Crippen LogP contribution in [0.25, 0.3) is 0 Å². The van der Waals surface area contributed by atoms with Crippen molar-refractivity contribution >= 4 is 27.7 Å². The van der Waals surface area contributed by atoms with Gasteiger partial charge in [0.1, 0.15) is 25.1 Å². The third kappa shape index (κ3) is 8.63. The van der Waals surface area contributed by atoms with E-state index in [9.17, 15) is 28.0 Å². The second-order valence-electron chi connectivity index (χ2n) is 23.0. The first kappa shape index (κ1) is 49.5. The number of ether oxygens (including phenoxy) is 4. The lowest BCUT2D eigenvalue weighted by molar-refractivity contribution is -0.832. The number of allylic oxidation sites excluding steroid dienone is 2. The predicted molar refractivity (Wildman–Crippen MR) is 258 cm³/mol. The zero-order chi connectivity index (χ0) is 49.9. The maximum Gasteiger partial charge on any atom is 0.420 e. The second-order valence-corrected chi connectivity index (χ2v) is 24.9. The van der Waals surface area contributed by atoms with E-state index in [1.807, 2.05) is 30.3 Å². The second kappa shape index (κ2) is 18.3. The summed E-state index contributed by atoms with van der Waals surface area (Å²) in [7, 11) is -4.30. The van der Waals surface area contributed by atoms with Crippen LogP contribution in [0.3, 0.4) is 0 Å². The standard InChI is InChI=1S/C56H68N2O11S/c1-51(2)30-32-56(50(61)66-36-37-14-10-8-11-15-37)33-31-54(6)41(42(56)34-51)22-23-44-53(5)28-27-45(52(3,4)43(53)26-29-55(44,54)7)68-47(60)25-24-46(59)65-35-38-18-20-39(21-19-38)67-48-49(58(62)69-57-48)70(63,64)40-16-12-9-13-17-40/h8-22,42-45H,23-36H2,1-7H3/t42-,43-,44+,45-,53-,54+,55+,56-/m0/s1. The Bertz CT molecular complexity index is 2750. The molecule has 0 amide bonds. The summed E-state index contributed by atoms with van der Waals surface area (Å²) in [5.41, 5.74) is 2.50. The van der Waals surface area contributed by atoms with Gasteiger partial charge in [-0.05, 0) is 144 Å². The van der Waals surface area contributed by atoms with Gasteiger partial charge in [-0.25, -0.2) is 8.42 Å². The minimum absolute atomic E-state index is 0.0204. The molecule has 0 N–H and O–H groups in total. The average molecular weight is 977 g/mol. The highest BCUT2D eigenvalue weighted by atomic mass is 32.2. The van der Waals surface area contributed by atoms with Crippen LogP contribution in [-0.2, 0) is 51.6 Å². The maximum atomic E-state index is 14.4. The molecule has 4 saturated carbocycles. The molecule has 3 aromatic carbocycles. The monoisotopic (exact) mass is 976 g/mol. The van der Waals surface area contributed by atoms with Gasteiger partial charge in [-0.3, -0.25) is 19.0 Å². The smallest absolute Gasteiger partial charge is 0.420 e. The van der Waals surface area contributed by atoms with Gasteiger partial charge >= 0.3 is 28.8 Å². The summed E-state index contributed by atoms with van der Waals surface area (Å²) in [6.07, 6.45) is 11.5. The molecule has 0 saturated heterocycles. The minimum atomic E-state index is -4.30. The highest BCUT2D eigenvalue weighted by molar-refractivity contribution is 7.91. The van der Waals surface area contributed by atoms with Gasteiger partial charge < -0.3 is 24.2 Å². The van der Waals surface area contributed by atoms with Crippen molar-refractivity contribution < 1.29 is 51.3 Å². The normalized spacial score (nSPS) is 30.8. The summed E-state index contributed by atoms with van der Waals surface area (Å²) in [6.45, 7) is 17.1. The lowest BCUT2D eigenvalue weighted by Crippen LogP contribution is -2.65. The molecule has 70 heavy (non-hydrogen) atoms. The van der Waals surface area contributed by atoms with Crippen LogP contribution in [0.5, 0.6) is 11.6 Å². The highest BCUT2D eigenvalue weighted by Gasteiger charge is 2.69. The van der Waals surface area contributed by atoms with Crippen LogP contribution >= 0.6 is 0 Å². The van der Waals surface area contributed by atoms with Crippen molar-refractivity contribution in [3.05, 3.63) is 113 Å². The molecule has 5 aliphatic rings. The molecule has 14 heteroatoms. The van der Waals surface area contributed by atoms with Crippen LogP contribution in [0.1, 0.15) is 137 Å². The lowest BCUT2D eigenvalue weighted by atomic mass is 9.33. The van der Waals surface area contributed by atoms with Gasteiger partial charge in [0.05, 0.1) is 28.3 Å². The largest absolute Gasteiger partial charge is 0.462 e. The van der Waals surface area contributed by atoms with Crippen LogP contribution in [0, 0.1) is 55.5 Å². The van der Waals surface area contributed by atoms with Crippen molar-refractivity contribution in [1.29, 1.82) is 0 Å². The average Bonchev–Trinajstić information content (AvgIpc) is 3.71. The molecule has 0 aliphatic heterocycles. The highest BCUT2D eigenvalue weighted by Crippen LogP contribution is 2.76. The molecule has 8 atom stereocenters. The molecular formula is C56H68N2O11S. The molecule has 5 aliphatic carbocycles. The summed E-state index contributed by atoms with van der Waals surface area (Å²) in [6, 6.07) is 23.7. The Hall–Kier alpha value is -5.50. The number of carbonyl (C=O) groups is 3. The van der Waals surface area contributed by atoms with Crippen molar-refractivity contribution in [1.82, 2.24) is 5.16 Å². The number of esters is 3. The number of aromatic nitrogens is 2. The summed E-state index contributed by atoms with van der Waals surface area (Å²) in [4.78, 5) is 40.4. The Morgan fingerprint density at radius 3 is 2.10 bits per heavy atom. The zero-order valence-corrected chi connectivity index (χ0v) is 42.5. The Labute approximate surface area is 412 Å². The first-order valence-electron chi connectivity index (χ1n) is 25.1. The Balaban J connectivity index is 0.801. The van der Waals surface area contributed by atoms with Crippen LogP contribution in [0.15, 0.2) is 111 Å².